The SMILES string of the molecule is Cc1cnc(C(=O)N2CCC[C@H](n3c(C)cnc3-c3ccccc3)C2)cn1. The van der Waals surface area contributed by atoms with E-state index in [1.165, 1.54) is 0 Å². The molecule has 2 aromatic heterocycles. The normalized spacial score (nSPS) is 17.1. The average molecular weight is 361 g/mol. The van der Waals surface area contributed by atoms with Gasteiger partial charge in [0.2, 0.25) is 0 Å². The highest BCUT2D eigenvalue weighted by Gasteiger charge is 2.28. The number of amides is 1. The summed E-state index contributed by atoms with van der Waals surface area (Å²) in [5.41, 5.74) is 3.43. The molecule has 3 heterocycles. The van der Waals surface area contributed by atoms with Crippen LogP contribution in [0.3, 0.4) is 0 Å². The number of imidazole rings is 1. The Morgan fingerprint density at radius 2 is 1.85 bits per heavy atom. The minimum absolute atomic E-state index is 0.0498. The van der Waals surface area contributed by atoms with Gasteiger partial charge in [-0.2, -0.15) is 0 Å². The zero-order valence-electron chi connectivity index (χ0n) is 15.7. The van der Waals surface area contributed by atoms with Crippen LogP contribution in [0.4, 0.5) is 0 Å². The van der Waals surface area contributed by atoms with Crippen molar-refractivity contribution in [2.24, 2.45) is 0 Å². The van der Waals surface area contributed by atoms with Gasteiger partial charge in [0.15, 0.2) is 0 Å². The van der Waals surface area contributed by atoms with Gasteiger partial charge in [0.1, 0.15) is 11.5 Å². The maximum absolute atomic E-state index is 12.9. The number of rotatable bonds is 3. The van der Waals surface area contributed by atoms with Crippen molar-refractivity contribution in [1.82, 2.24) is 24.4 Å². The summed E-state index contributed by atoms with van der Waals surface area (Å²) >= 11 is 0. The average Bonchev–Trinajstić information content (AvgIpc) is 3.10. The third kappa shape index (κ3) is 3.47. The minimum atomic E-state index is -0.0498. The Morgan fingerprint density at radius 3 is 2.59 bits per heavy atom. The Balaban J connectivity index is 1.60. The van der Waals surface area contributed by atoms with Gasteiger partial charge < -0.3 is 9.47 Å². The Kier molecular flexibility index (Phi) is 4.71. The van der Waals surface area contributed by atoms with Crippen LogP contribution >= 0.6 is 0 Å². The lowest BCUT2D eigenvalue weighted by Crippen LogP contribution is -2.41. The molecular formula is C21H23N5O. The van der Waals surface area contributed by atoms with E-state index in [4.69, 9.17) is 0 Å². The zero-order chi connectivity index (χ0) is 18.8. The molecule has 1 aliphatic heterocycles. The van der Waals surface area contributed by atoms with Gasteiger partial charge in [-0.1, -0.05) is 30.3 Å². The second-order valence-electron chi connectivity index (χ2n) is 7.05. The molecule has 6 nitrogen and oxygen atoms in total. The number of aryl methyl sites for hydroxylation is 2. The molecule has 138 valence electrons. The maximum atomic E-state index is 12.9. The van der Waals surface area contributed by atoms with Crippen LogP contribution in [0.2, 0.25) is 0 Å². The number of benzene rings is 1. The molecule has 0 unspecified atom stereocenters. The molecule has 0 saturated carbocycles. The molecule has 0 bridgehead atoms. The molecule has 27 heavy (non-hydrogen) atoms. The van der Waals surface area contributed by atoms with E-state index in [0.717, 1.165) is 42.2 Å². The summed E-state index contributed by atoms with van der Waals surface area (Å²) in [7, 11) is 0. The molecule has 1 fully saturated rings. The van der Waals surface area contributed by atoms with Gasteiger partial charge in [0.25, 0.3) is 5.91 Å². The first-order valence-electron chi connectivity index (χ1n) is 9.30. The molecule has 6 heteroatoms. The number of piperidine rings is 1. The van der Waals surface area contributed by atoms with E-state index in [2.05, 4.69) is 38.6 Å². The molecule has 1 saturated heterocycles. The van der Waals surface area contributed by atoms with Crippen molar-refractivity contribution in [3.63, 3.8) is 0 Å². The number of carbonyl (C=O) groups excluding carboxylic acids is 1. The van der Waals surface area contributed by atoms with E-state index in [1.54, 1.807) is 12.4 Å². The minimum Gasteiger partial charge on any atom is -0.335 e. The summed E-state index contributed by atoms with van der Waals surface area (Å²) in [4.78, 5) is 27.8. The van der Waals surface area contributed by atoms with Crippen molar-refractivity contribution in [3.8, 4) is 11.4 Å². The van der Waals surface area contributed by atoms with Gasteiger partial charge in [-0.3, -0.25) is 9.78 Å². The van der Waals surface area contributed by atoms with Crippen LogP contribution in [-0.2, 0) is 0 Å². The smallest absolute Gasteiger partial charge is 0.274 e. The number of carbonyl (C=O) groups is 1. The van der Waals surface area contributed by atoms with Gasteiger partial charge in [0, 0.05) is 36.7 Å². The van der Waals surface area contributed by atoms with Crippen molar-refractivity contribution in [2.75, 3.05) is 13.1 Å². The van der Waals surface area contributed by atoms with Crippen molar-refractivity contribution < 1.29 is 4.79 Å². The summed E-state index contributed by atoms with van der Waals surface area (Å²) in [6.07, 6.45) is 7.11. The van der Waals surface area contributed by atoms with Crippen LogP contribution in [0.25, 0.3) is 11.4 Å². The van der Waals surface area contributed by atoms with E-state index >= 15 is 0 Å². The third-order valence-electron chi connectivity index (χ3n) is 5.06. The summed E-state index contributed by atoms with van der Waals surface area (Å²) in [5, 5.41) is 0. The van der Waals surface area contributed by atoms with Gasteiger partial charge in [-0.15, -0.1) is 0 Å². The third-order valence-corrected chi connectivity index (χ3v) is 5.06. The van der Waals surface area contributed by atoms with Gasteiger partial charge in [-0.05, 0) is 26.7 Å². The lowest BCUT2D eigenvalue weighted by molar-refractivity contribution is 0.0672. The first-order chi connectivity index (χ1) is 13.1. The second kappa shape index (κ2) is 7.31. The Bertz CT molecular complexity index is 933. The molecule has 3 aromatic rings. The number of hydrogen-bond acceptors (Lipinski definition) is 4. The van der Waals surface area contributed by atoms with Crippen LogP contribution in [-0.4, -0.2) is 43.4 Å². The molecule has 0 spiro atoms. The molecule has 4 rings (SSSR count). The van der Waals surface area contributed by atoms with Crippen LogP contribution in [0.1, 0.15) is 40.8 Å². The summed E-state index contributed by atoms with van der Waals surface area (Å²) in [5.74, 6) is 0.911. The van der Waals surface area contributed by atoms with Crippen LogP contribution in [0, 0.1) is 13.8 Å². The van der Waals surface area contributed by atoms with Crippen molar-refractivity contribution in [1.29, 1.82) is 0 Å². The Morgan fingerprint density at radius 1 is 1.04 bits per heavy atom. The van der Waals surface area contributed by atoms with Crippen molar-refractivity contribution in [2.45, 2.75) is 32.7 Å². The van der Waals surface area contributed by atoms with E-state index in [-0.39, 0.29) is 11.9 Å². The molecule has 1 atom stereocenters. The highest BCUT2D eigenvalue weighted by Crippen LogP contribution is 2.29. The number of nitrogens with zero attached hydrogens (tertiary/aromatic N) is 5. The Hall–Kier alpha value is -3.02. The van der Waals surface area contributed by atoms with E-state index in [0.29, 0.717) is 12.2 Å². The fraction of sp³-hybridized carbons (Fsp3) is 0.333. The van der Waals surface area contributed by atoms with Gasteiger partial charge in [0.05, 0.1) is 17.9 Å². The van der Waals surface area contributed by atoms with Gasteiger partial charge >= 0.3 is 0 Å². The highest BCUT2D eigenvalue weighted by atomic mass is 16.2. The standard InChI is InChI=1S/C21H23N5O/c1-15-11-23-19(13-22-15)21(27)25-10-6-9-18(14-25)26-16(2)12-24-20(26)17-7-4-3-5-8-17/h3-5,7-8,11-13,18H,6,9-10,14H2,1-2H3/t18-/m0/s1. The fourth-order valence-electron chi connectivity index (χ4n) is 3.72. The quantitative estimate of drug-likeness (QED) is 0.717. The topological polar surface area (TPSA) is 63.9 Å². The van der Waals surface area contributed by atoms with Crippen LogP contribution in [0.15, 0.2) is 48.9 Å². The van der Waals surface area contributed by atoms with Crippen LogP contribution in [0.5, 0.6) is 0 Å². The van der Waals surface area contributed by atoms with Gasteiger partial charge in [-0.25, -0.2) is 9.97 Å². The second-order valence-corrected chi connectivity index (χ2v) is 7.05. The summed E-state index contributed by atoms with van der Waals surface area (Å²) in [6, 6.07) is 10.4. The molecule has 1 amide bonds. The van der Waals surface area contributed by atoms with Crippen LogP contribution < -0.4 is 0 Å². The lowest BCUT2D eigenvalue weighted by Gasteiger charge is -2.34. The molecule has 0 radical (unpaired) electrons. The Labute approximate surface area is 158 Å². The summed E-state index contributed by atoms with van der Waals surface area (Å²) < 4.78 is 2.27. The fourth-order valence-corrected chi connectivity index (χ4v) is 3.72. The zero-order valence-corrected chi connectivity index (χ0v) is 15.7. The highest BCUT2D eigenvalue weighted by molar-refractivity contribution is 5.92. The first kappa shape index (κ1) is 17.4. The molecule has 1 aliphatic rings. The number of likely N-dealkylation sites (tertiary alicyclic amines) is 1. The van der Waals surface area contributed by atoms with E-state index < -0.39 is 0 Å². The summed E-state index contributed by atoms with van der Waals surface area (Å²) in [6.45, 7) is 5.35. The van der Waals surface area contributed by atoms with E-state index in [9.17, 15) is 4.79 Å². The lowest BCUT2D eigenvalue weighted by atomic mass is 10.0. The molecule has 1 aromatic carbocycles. The predicted octanol–water partition coefficient (Wildman–Crippen LogP) is 3.43. The molecule has 0 aliphatic carbocycles. The van der Waals surface area contributed by atoms with E-state index in [1.807, 2.05) is 36.2 Å². The molecular weight excluding hydrogens is 338 g/mol. The number of hydrogen-bond donors (Lipinski definition) is 0. The van der Waals surface area contributed by atoms with Crippen molar-refractivity contribution in [3.05, 3.63) is 66.0 Å². The monoisotopic (exact) mass is 361 g/mol. The maximum Gasteiger partial charge on any atom is 0.274 e. The number of aromatic nitrogens is 4. The van der Waals surface area contributed by atoms with Crippen molar-refractivity contribution >= 4 is 5.91 Å². The predicted molar refractivity (Wildman–Crippen MR) is 103 cm³/mol. The molecule has 0 N–H and O–H groups in total. The largest absolute Gasteiger partial charge is 0.335 e. The first-order valence-corrected chi connectivity index (χ1v) is 9.30.